The lowest BCUT2D eigenvalue weighted by atomic mass is 9.78. The highest BCUT2D eigenvalue weighted by molar-refractivity contribution is 5.51. The summed E-state index contributed by atoms with van der Waals surface area (Å²) >= 11 is 0. The molecule has 0 amide bonds. The molecule has 2 N–H and O–H groups in total. The number of nitrogens with two attached hydrogens (primary N) is 1. The van der Waals surface area contributed by atoms with Crippen molar-refractivity contribution >= 4 is 5.69 Å². The van der Waals surface area contributed by atoms with Crippen LogP contribution in [0, 0.1) is 5.92 Å². The van der Waals surface area contributed by atoms with Gasteiger partial charge >= 0.3 is 0 Å². The highest BCUT2D eigenvalue weighted by atomic mass is 16.5. The summed E-state index contributed by atoms with van der Waals surface area (Å²) in [5.74, 6) is 1.78. The van der Waals surface area contributed by atoms with E-state index in [2.05, 4.69) is 11.0 Å². The van der Waals surface area contributed by atoms with Gasteiger partial charge in [-0.15, -0.1) is 0 Å². The zero-order chi connectivity index (χ0) is 13.9. The molecule has 2 unspecified atom stereocenters. The van der Waals surface area contributed by atoms with Crippen molar-refractivity contribution in [3.8, 4) is 5.75 Å². The standard InChI is InChI=1S/C17H26N2O/c1-20-15-9-8-14(16(18)11-15)12-19-10-4-6-13-5-2-3-7-17(13)19/h8-9,11,13,17H,2-7,10,12,18H2,1H3. The molecule has 1 saturated heterocycles. The molecular weight excluding hydrogens is 248 g/mol. The van der Waals surface area contributed by atoms with Gasteiger partial charge in [0.25, 0.3) is 0 Å². The summed E-state index contributed by atoms with van der Waals surface area (Å²) in [5, 5.41) is 0. The fourth-order valence-electron chi connectivity index (χ4n) is 3.99. The fourth-order valence-corrected chi connectivity index (χ4v) is 3.99. The van der Waals surface area contributed by atoms with E-state index < -0.39 is 0 Å². The molecule has 1 aromatic rings. The van der Waals surface area contributed by atoms with Gasteiger partial charge in [0.2, 0.25) is 0 Å². The summed E-state index contributed by atoms with van der Waals surface area (Å²) in [6.45, 7) is 2.23. The molecule has 3 nitrogen and oxygen atoms in total. The number of anilines is 1. The second kappa shape index (κ2) is 6.04. The van der Waals surface area contributed by atoms with Gasteiger partial charge in [-0.25, -0.2) is 0 Å². The fraction of sp³-hybridized carbons (Fsp3) is 0.647. The third kappa shape index (κ3) is 2.78. The molecule has 0 bridgehead atoms. The van der Waals surface area contributed by atoms with Crippen molar-refractivity contribution < 1.29 is 4.74 Å². The SMILES string of the molecule is COc1ccc(CN2CCCC3CCCCC32)c(N)c1. The molecular formula is C17H26N2O. The van der Waals surface area contributed by atoms with Gasteiger partial charge in [-0.3, -0.25) is 4.90 Å². The van der Waals surface area contributed by atoms with Gasteiger partial charge in [0, 0.05) is 24.3 Å². The minimum absolute atomic E-state index is 0.791. The highest BCUT2D eigenvalue weighted by Gasteiger charge is 2.33. The van der Waals surface area contributed by atoms with Crippen molar-refractivity contribution in [1.29, 1.82) is 0 Å². The molecule has 1 aromatic carbocycles. The molecule has 0 spiro atoms. The number of nitrogens with zero attached hydrogens (tertiary/aromatic N) is 1. The van der Waals surface area contributed by atoms with E-state index in [-0.39, 0.29) is 0 Å². The number of hydrogen-bond donors (Lipinski definition) is 1. The molecule has 3 rings (SSSR count). The maximum absolute atomic E-state index is 6.18. The van der Waals surface area contributed by atoms with Crippen LogP contribution in [0.25, 0.3) is 0 Å². The van der Waals surface area contributed by atoms with Crippen molar-refractivity contribution in [3.63, 3.8) is 0 Å². The number of hydrogen-bond acceptors (Lipinski definition) is 3. The average molecular weight is 274 g/mol. The van der Waals surface area contributed by atoms with Gasteiger partial charge in [0.15, 0.2) is 0 Å². The summed E-state index contributed by atoms with van der Waals surface area (Å²) in [6.07, 6.45) is 8.41. The number of nitrogen functional groups attached to an aromatic ring is 1. The van der Waals surface area contributed by atoms with E-state index in [9.17, 15) is 0 Å². The molecule has 1 saturated carbocycles. The van der Waals surface area contributed by atoms with E-state index in [1.165, 1.54) is 50.6 Å². The van der Waals surface area contributed by atoms with Crippen LogP contribution in [0.3, 0.4) is 0 Å². The van der Waals surface area contributed by atoms with Crippen molar-refractivity contribution in [1.82, 2.24) is 4.90 Å². The van der Waals surface area contributed by atoms with Crippen LogP contribution in [-0.2, 0) is 6.54 Å². The van der Waals surface area contributed by atoms with Crippen molar-refractivity contribution in [2.24, 2.45) is 5.92 Å². The van der Waals surface area contributed by atoms with Gasteiger partial charge in [0.1, 0.15) is 5.75 Å². The first-order chi connectivity index (χ1) is 9.78. The molecule has 1 heterocycles. The number of ether oxygens (including phenoxy) is 1. The summed E-state index contributed by atoms with van der Waals surface area (Å²) in [6, 6.07) is 6.88. The number of piperidine rings is 1. The molecule has 0 aromatic heterocycles. The third-order valence-corrected chi connectivity index (χ3v) is 5.08. The monoisotopic (exact) mass is 274 g/mol. The Balaban J connectivity index is 1.72. The molecule has 1 aliphatic heterocycles. The van der Waals surface area contributed by atoms with Crippen molar-refractivity contribution in [2.45, 2.75) is 51.1 Å². The molecule has 20 heavy (non-hydrogen) atoms. The molecule has 110 valence electrons. The van der Waals surface area contributed by atoms with Gasteiger partial charge < -0.3 is 10.5 Å². The second-order valence-corrected chi connectivity index (χ2v) is 6.29. The van der Waals surface area contributed by atoms with Crippen LogP contribution >= 0.6 is 0 Å². The molecule has 1 aliphatic carbocycles. The third-order valence-electron chi connectivity index (χ3n) is 5.08. The van der Waals surface area contributed by atoms with Gasteiger partial charge in [-0.05, 0) is 49.8 Å². The lowest BCUT2D eigenvalue weighted by Crippen LogP contribution is -2.46. The maximum atomic E-state index is 6.18. The Bertz CT molecular complexity index is 458. The first-order valence-electron chi connectivity index (χ1n) is 7.94. The lowest BCUT2D eigenvalue weighted by Gasteiger charge is -2.44. The topological polar surface area (TPSA) is 38.5 Å². The van der Waals surface area contributed by atoms with Crippen LogP contribution in [0.2, 0.25) is 0 Å². The smallest absolute Gasteiger partial charge is 0.120 e. The van der Waals surface area contributed by atoms with Crippen LogP contribution < -0.4 is 10.5 Å². The Morgan fingerprint density at radius 1 is 1.20 bits per heavy atom. The Morgan fingerprint density at radius 2 is 2.00 bits per heavy atom. The Kier molecular flexibility index (Phi) is 4.16. The average Bonchev–Trinajstić information content (AvgIpc) is 2.49. The maximum Gasteiger partial charge on any atom is 0.120 e. The number of fused-ring (bicyclic) bond motifs is 1. The van der Waals surface area contributed by atoms with E-state index >= 15 is 0 Å². The molecule has 2 aliphatic rings. The van der Waals surface area contributed by atoms with E-state index in [1.54, 1.807) is 7.11 Å². The minimum atomic E-state index is 0.791. The van der Waals surface area contributed by atoms with Crippen molar-refractivity contribution in [2.75, 3.05) is 19.4 Å². The van der Waals surface area contributed by atoms with Crippen LogP contribution in [-0.4, -0.2) is 24.6 Å². The normalized spacial score (nSPS) is 27.1. The number of methoxy groups -OCH3 is 1. The highest BCUT2D eigenvalue weighted by Crippen LogP contribution is 2.36. The number of rotatable bonds is 3. The predicted molar refractivity (Wildman–Crippen MR) is 82.8 cm³/mol. The minimum Gasteiger partial charge on any atom is -0.497 e. The number of benzene rings is 1. The molecule has 2 atom stereocenters. The molecule has 3 heteroatoms. The summed E-state index contributed by atoms with van der Waals surface area (Å²) in [7, 11) is 1.69. The predicted octanol–water partition coefficient (Wildman–Crippen LogP) is 3.43. The van der Waals surface area contributed by atoms with E-state index in [4.69, 9.17) is 10.5 Å². The first-order valence-corrected chi connectivity index (χ1v) is 7.94. The van der Waals surface area contributed by atoms with Gasteiger partial charge in [-0.1, -0.05) is 18.9 Å². The molecule has 2 fully saturated rings. The van der Waals surface area contributed by atoms with Crippen molar-refractivity contribution in [3.05, 3.63) is 23.8 Å². The Hall–Kier alpha value is -1.22. The van der Waals surface area contributed by atoms with Gasteiger partial charge in [-0.2, -0.15) is 0 Å². The van der Waals surface area contributed by atoms with Crippen LogP contribution in [0.4, 0.5) is 5.69 Å². The summed E-state index contributed by atoms with van der Waals surface area (Å²) in [4.78, 5) is 2.67. The van der Waals surface area contributed by atoms with E-state index in [0.29, 0.717) is 0 Å². The largest absolute Gasteiger partial charge is 0.497 e. The van der Waals surface area contributed by atoms with Crippen LogP contribution in [0.1, 0.15) is 44.1 Å². The molecule has 0 radical (unpaired) electrons. The van der Waals surface area contributed by atoms with E-state index in [1.807, 2.05) is 12.1 Å². The first kappa shape index (κ1) is 13.7. The lowest BCUT2D eigenvalue weighted by molar-refractivity contribution is 0.0548. The second-order valence-electron chi connectivity index (χ2n) is 6.29. The number of likely N-dealkylation sites (tertiary alicyclic amines) is 1. The zero-order valence-electron chi connectivity index (χ0n) is 12.5. The quantitative estimate of drug-likeness (QED) is 0.858. The Labute approximate surface area is 122 Å². The van der Waals surface area contributed by atoms with Crippen LogP contribution in [0.5, 0.6) is 5.75 Å². The van der Waals surface area contributed by atoms with E-state index in [0.717, 1.165) is 29.9 Å². The zero-order valence-corrected chi connectivity index (χ0v) is 12.5. The summed E-state index contributed by atoms with van der Waals surface area (Å²) < 4.78 is 5.23. The Morgan fingerprint density at radius 3 is 2.80 bits per heavy atom. The van der Waals surface area contributed by atoms with Crippen LogP contribution in [0.15, 0.2) is 18.2 Å². The van der Waals surface area contributed by atoms with Gasteiger partial charge in [0.05, 0.1) is 7.11 Å². The summed E-state index contributed by atoms with van der Waals surface area (Å²) in [5.41, 5.74) is 8.29.